The number of rotatable bonds is 6. The summed E-state index contributed by atoms with van der Waals surface area (Å²) in [5, 5.41) is 9.02. The smallest absolute Gasteiger partial charge is 0.164 e. The van der Waals surface area contributed by atoms with E-state index in [4.69, 9.17) is 19.4 Å². The third-order valence-electron chi connectivity index (χ3n) is 11.9. The first kappa shape index (κ1) is 34.8. The minimum Gasteiger partial charge on any atom is -0.455 e. The molecule has 12 rings (SSSR count). The van der Waals surface area contributed by atoms with E-state index >= 15 is 0 Å². The van der Waals surface area contributed by atoms with Gasteiger partial charge in [-0.1, -0.05) is 176 Å². The largest absolute Gasteiger partial charge is 0.455 e. The van der Waals surface area contributed by atoms with Crippen LogP contribution in [0.1, 0.15) is 0 Å². The maximum absolute atomic E-state index is 6.42. The van der Waals surface area contributed by atoms with Gasteiger partial charge in [0.15, 0.2) is 17.5 Å². The fourth-order valence-corrected chi connectivity index (χ4v) is 8.75. The van der Waals surface area contributed by atoms with Crippen LogP contribution in [-0.4, -0.2) is 15.0 Å². The number of hydrogen-bond donors (Lipinski definition) is 0. The molecule has 61 heavy (non-hydrogen) atoms. The molecule has 0 aliphatic rings. The molecule has 0 fully saturated rings. The minimum absolute atomic E-state index is 0.624. The Morgan fingerprint density at radius 3 is 1.61 bits per heavy atom. The number of benzene rings is 10. The Bertz CT molecular complexity index is 3640. The predicted molar refractivity (Wildman–Crippen MR) is 252 cm³/mol. The van der Waals surface area contributed by atoms with Crippen LogP contribution in [0.25, 0.3) is 122 Å². The maximum Gasteiger partial charge on any atom is 0.164 e. The Kier molecular flexibility index (Phi) is 8.13. The fourth-order valence-electron chi connectivity index (χ4n) is 8.75. The Labute approximate surface area is 352 Å². The van der Waals surface area contributed by atoms with Gasteiger partial charge >= 0.3 is 0 Å². The monoisotopic (exact) mass is 777 g/mol. The van der Waals surface area contributed by atoms with Crippen molar-refractivity contribution < 1.29 is 4.42 Å². The summed E-state index contributed by atoms with van der Waals surface area (Å²) < 4.78 is 6.42. The molecule has 0 saturated carbocycles. The second kappa shape index (κ2) is 14.3. The zero-order chi connectivity index (χ0) is 40.3. The van der Waals surface area contributed by atoms with Gasteiger partial charge in [-0.05, 0) is 96.7 Å². The van der Waals surface area contributed by atoms with Crippen molar-refractivity contribution in [3.8, 4) is 67.5 Å². The zero-order valence-corrected chi connectivity index (χ0v) is 33.0. The van der Waals surface area contributed by atoms with Crippen LogP contribution in [0, 0.1) is 0 Å². The summed E-state index contributed by atoms with van der Waals surface area (Å²) in [4.78, 5) is 15.5. The Morgan fingerprint density at radius 2 is 0.787 bits per heavy atom. The van der Waals surface area contributed by atoms with Gasteiger partial charge in [0.25, 0.3) is 0 Å². The number of aromatic nitrogens is 3. The summed E-state index contributed by atoms with van der Waals surface area (Å²) in [6.45, 7) is 0. The van der Waals surface area contributed by atoms with Crippen molar-refractivity contribution in [3.63, 3.8) is 0 Å². The average Bonchev–Trinajstić information content (AvgIpc) is 3.72. The third-order valence-corrected chi connectivity index (χ3v) is 11.9. The second-order valence-electron chi connectivity index (χ2n) is 15.6. The van der Waals surface area contributed by atoms with Gasteiger partial charge in [-0.15, -0.1) is 0 Å². The molecular formula is C57H35N3O. The van der Waals surface area contributed by atoms with Gasteiger partial charge in [0.2, 0.25) is 0 Å². The van der Waals surface area contributed by atoms with Gasteiger partial charge in [0, 0.05) is 32.8 Å². The second-order valence-corrected chi connectivity index (χ2v) is 15.6. The third kappa shape index (κ3) is 6.21. The van der Waals surface area contributed by atoms with Crippen molar-refractivity contribution in [2.24, 2.45) is 0 Å². The van der Waals surface area contributed by atoms with Crippen molar-refractivity contribution in [2.75, 3.05) is 0 Å². The molecule has 0 unspecified atom stereocenters. The zero-order valence-electron chi connectivity index (χ0n) is 33.0. The van der Waals surface area contributed by atoms with E-state index < -0.39 is 0 Å². The van der Waals surface area contributed by atoms with E-state index in [2.05, 4.69) is 206 Å². The Balaban J connectivity index is 0.951. The van der Waals surface area contributed by atoms with Crippen LogP contribution in [0.4, 0.5) is 0 Å². The molecule has 0 saturated heterocycles. The van der Waals surface area contributed by atoms with Gasteiger partial charge in [0.1, 0.15) is 11.2 Å². The van der Waals surface area contributed by atoms with E-state index in [1.807, 2.05) is 6.07 Å². The molecule has 0 N–H and O–H groups in total. The molecule has 0 atom stereocenters. The standard InChI is InChI=1S/C57H35N3O/c1-2-10-36(11-3-1)42-15-8-16-43(32-42)37-20-24-41(25-21-37)55-58-56(60-57(59-55)51-19-9-14-39-12-4-6-17-48(39)51)46-27-23-38-22-26-44(33-47(38)34-46)45-29-31-53-52(35-45)50-30-28-40-13-5-7-18-49(40)54(50)61-53/h1-35H. The molecule has 0 aliphatic heterocycles. The van der Waals surface area contributed by atoms with Gasteiger partial charge in [-0.25, -0.2) is 15.0 Å². The van der Waals surface area contributed by atoms with Crippen LogP contribution in [0.3, 0.4) is 0 Å². The molecular weight excluding hydrogens is 743 g/mol. The van der Waals surface area contributed by atoms with Crippen molar-refractivity contribution in [1.82, 2.24) is 15.0 Å². The molecule has 0 radical (unpaired) electrons. The van der Waals surface area contributed by atoms with Crippen LogP contribution >= 0.6 is 0 Å². The maximum atomic E-state index is 6.42. The highest BCUT2D eigenvalue weighted by Crippen LogP contribution is 2.38. The van der Waals surface area contributed by atoms with Crippen LogP contribution in [0.2, 0.25) is 0 Å². The van der Waals surface area contributed by atoms with Crippen LogP contribution in [-0.2, 0) is 0 Å². The molecule has 0 aliphatic carbocycles. The molecule has 10 aromatic carbocycles. The molecule has 0 bridgehead atoms. The summed E-state index contributed by atoms with van der Waals surface area (Å²) in [5.41, 5.74) is 11.6. The number of fused-ring (bicyclic) bond motifs is 7. The molecule has 284 valence electrons. The van der Waals surface area contributed by atoms with Crippen LogP contribution < -0.4 is 0 Å². The summed E-state index contributed by atoms with van der Waals surface area (Å²) >= 11 is 0. The number of nitrogens with zero attached hydrogens (tertiary/aromatic N) is 3. The summed E-state index contributed by atoms with van der Waals surface area (Å²) in [6, 6.07) is 74.8. The molecule has 0 spiro atoms. The number of hydrogen-bond acceptors (Lipinski definition) is 4. The van der Waals surface area contributed by atoms with E-state index in [0.29, 0.717) is 17.5 Å². The van der Waals surface area contributed by atoms with Gasteiger partial charge < -0.3 is 4.42 Å². The number of furan rings is 1. The molecule has 12 aromatic rings. The van der Waals surface area contributed by atoms with Gasteiger partial charge in [-0.2, -0.15) is 0 Å². The van der Waals surface area contributed by atoms with Crippen molar-refractivity contribution in [3.05, 3.63) is 212 Å². The SMILES string of the molecule is c1ccc(-c2cccc(-c3ccc(-c4nc(-c5ccc6ccc(-c7ccc8oc9c%10ccccc%10ccc9c8c7)cc6c5)nc(-c5cccc6ccccc56)n4)cc3)c2)cc1. The molecule has 4 heteroatoms. The highest BCUT2D eigenvalue weighted by molar-refractivity contribution is 6.15. The quantitative estimate of drug-likeness (QED) is 0.169. The molecule has 0 amide bonds. The first-order chi connectivity index (χ1) is 30.2. The predicted octanol–water partition coefficient (Wildman–Crippen LogP) is 15.2. The van der Waals surface area contributed by atoms with Gasteiger partial charge in [-0.3, -0.25) is 0 Å². The molecule has 2 heterocycles. The average molecular weight is 778 g/mol. The first-order valence-electron chi connectivity index (χ1n) is 20.6. The first-order valence-corrected chi connectivity index (χ1v) is 20.6. The minimum atomic E-state index is 0.624. The lowest BCUT2D eigenvalue weighted by molar-refractivity contribution is 0.672. The van der Waals surface area contributed by atoms with Crippen molar-refractivity contribution >= 4 is 54.3 Å². The Morgan fingerprint density at radius 1 is 0.262 bits per heavy atom. The molecule has 2 aromatic heterocycles. The van der Waals surface area contributed by atoms with E-state index in [1.165, 1.54) is 16.5 Å². The fraction of sp³-hybridized carbons (Fsp3) is 0. The topological polar surface area (TPSA) is 51.8 Å². The normalized spacial score (nSPS) is 11.6. The van der Waals surface area contributed by atoms with Crippen molar-refractivity contribution in [1.29, 1.82) is 0 Å². The van der Waals surface area contributed by atoms with E-state index in [9.17, 15) is 0 Å². The summed E-state index contributed by atoms with van der Waals surface area (Å²) in [6.07, 6.45) is 0. The lowest BCUT2D eigenvalue weighted by Crippen LogP contribution is -2.00. The van der Waals surface area contributed by atoms with E-state index in [0.717, 1.165) is 87.8 Å². The van der Waals surface area contributed by atoms with E-state index in [1.54, 1.807) is 0 Å². The molecule has 4 nitrogen and oxygen atoms in total. The van der Waals surface area contributed by atoms with E-state index in [-0.39, 0.29) is 0 Å². The van der Waals surface area contributed by atoms with Gasteiger partial charge in [0.05, 0.1) is 0 Å². The van der Waals surface area contributed by atoms with Crippen LogP contribution in [0.15, 0.2) is 217 Å². The Hall–Kier alpha value is -8.21. The summed E-state index contributed by atoms with van der Waals surface area (Å²) in [7, 11) is 0. The lowest BCUT2D eigenvalue weighted by atomic mass is 9.98. The lowest BCUT2D eigenvalue weighted by Gasteiger charge is -2.12. The van der Waals surface area contributed by atoms with Crippen molar-refractivity contribution in [2.45, 2.75) is 0 Å². The highest BCUT2D eigenvalue weighted by Gasteiger charge is 2.16. The highest BCUT2D eigenvalue weighted by atomic mass is 16.3. The van der Waals surface area contributed by atoms with Crippen LogP contribution in [0.5, 0.6) is 0 Å². The summed E-state index contributed by atoms with van der Waals surface area (Å²) in [5.74, 6) is 1.89.